The SMILES string of the molecule is C1=CC2CC1[C@@H](CN1CCCC1)[C@@H]2CN1CCCC1. The normalized spacial score (nSPS) is 42.7. The maximum atomic E-state index is 2.75. The summed E-state index contributed by atoms with van der Waals surface area (Å²) in [7, 11) is 0. The highest BCUT2D eigenvalue weighted by Gasteiger charge is 2.45. The van der Waals surface area contributed by atoms with E-state index >= 15 is 0 Å². The van der Waals surface area contributed by atoms with E-state index in [1.165, 1.54) is 71.4 Å². The van der Waals surface area contributed by atoms with Gasteiger partial charge < -0.3 is 9.80 Å². The van der Waals surface area contributed by atoms with Gasteiger partial charge in [0.1, 0.15) is 0 Å². The first-order valence-corrected chi connectivity index (χ1v) is 8.53. The molecule has 0 amide bonds. The van der Waals surface area contributed by atoms with Crippen LogP contribution in [-0.2, 0) is 0 Å². The van der Waals surface area contributed by atoms with Crippen molar-refractivity contribution in [2.24, 2.45) is 23.7 Å². The summed E-state index contributed by atoms with van der Waals surface area (Å²) in [5.41, 5.74) is 0. The van der Waals surface area contributed by atoms with Gasteiger partial charge in [0, 0.05) is 13.1 Å². The summed E-state index contributed by atoms with van der Waals surface area (Å²) in [6.07, 6.45) is 12.3. The van der Waals surface area contributed by atoms with Crippen LogP contribution in [0.5, 0.6) is 0 Å². The van der Waals surface area contributed by atoms with Gasteiger partial charge in [-0.3, -0.25) is 0 Å². The molecule has 4 atom stereocenters. The van der Waals surface area contributed by atoms with Gasteiger partial charge in [0.2, 0.25) is 0 Å². The Hall–Kier alpha value is -0.340. The number of allylic oxidation sites excluding steroid dienone is 2. The number of rotatable bonds is 4. The molecule has 2 saturated heterocycles. The van der Waals surface area contributed by atoms with Crippen molar-refractivity contribution in [3.8, 4) is 0 Å². The van der Waals surface area contributed by atoms with Crippen LogP contribution in [0.15, 0.2) is 12.2 Å². The van der Waals surface area contributed by atoms with Crippen molar-refractivity contribution >= 4 is 0 Å². The van der Waals surface area contributed by atoms with E-state index in [0.717, 1.165) is 23.7 Å². The van der Waals surface area contributed by atoms with E-state index in [9.17, 15) is 0 Å². The Morgan fingerprint density at radius 2 is 1.11 bits per heavy atom. The Morgan fingerprint density at radius 3 is 1.53 bits per heavy atom. The Balaban J connectivity index is 1.42. The van der Waals surface area contributed by atoms with Gasteiger partial charge in [0.15, 0.2) is 0 Å². The van der Waals surface area contributed by atoms with Crippen molar-refractivity contribution in [1.29, 1.82) is 0 Å². The van der Waals surface area contributed by atoms with Crippen LogP contribution in [0.2, 0.25) is 0 Å². The Labute approximate surface area is 117 Å². The zero-order valence-electron chi connectivity index (χ0n) is 12.1. The molecule has 0 aromatic rings. The molecule has 2 aliphatic heterocycles. The fourth-order valence-corrected chi connectivity index (χ4v) is 5.10. The number of hydrogen-bond donors (Lipinski definition) is 0. The topological polar surface area (TPSA) is 6.48 Å². The minimum atomic E-state index is 0.915. The van der Waals surface area contributed by atoms with Gasteiger partial charge in [-0.25, -0.2) is 0 Å². The summed E-state index contributed by atoms with van der Waals surface area (Å²) in [6, 6.07) is 0. The molecule has 0 aromatic heterocycles. The fraction of sp³-hybridized carbons (Fsp3) is 0.882. The third-order valence-corrected chi connectivity index (χ3v) is 6.14. The molecule has 3 fully saturated rings. The van der Waals surface area contributed by atoms with Crippen molar-refractivity contribution in [2.75, 3.05) is 39.3 Å². The molecule has 2 unspecified atom stereocenters. The predicted octanol–water partition coefficient (Wildman–Crippen LogP) is 2.62. The lowest BCUT2D eigenvalue weighted by Gasteiger charge is -2.34. The lowest BCUT2D eigenvalue weighted by molar-refractivity contribution is 0.163. The quantitative estimate of drug-likeness (QED) is 0.717. The molecule has 0 aromatic carbocycles. The summed E-state index contributed by atoms with van der Waals surface area (Å²) in [5, 5.41) is 0. The standard InChI is InChI=1S/C17H28N2/c1-2-8-18(7-1)12-16-14-5-6-15(11-14)17(16)13-19-9-3-4-10-19/h5-6,14-17H,1-4,7-13H2/t14?,15?,16-,17-/m1/s1. The molecule has 2 nitrogen and oxygen atoms in total. The van der Waals surface area contributed by atoms with Gasteiger partial charge in [-0.05, 0) is 82.0 Å². The van der Waals surface area contributed by atoms with Crippen LogP contribution in [0.4, 0.5) is 0 Å². The van der Waals surface area contributed by atoms with Gasteiger partial charge >= 0.3 is 0 Å². The first-order chi connectivity index (χ1) is 9.40. The molecule has 19 heavy (non-hydrogen) atoms. The minimum absolute atomic E-state index is 0.915. The molecule has 2 heteroatoms. The summed E-state index contributed by atoms with van der Waals surface area (Å²) in [4.78, 5) is 5.49. The van der Waals surface area contributed by atoms with Crippen molar-refractivity contribution in [2.45, 2.75) is 32.1 Å². The second-order valence-corrected chi connectivity index (χ2v) is 7.29. The molecular formula is C17H28N2. The lowest BCUT2D eigenvalue weighted by atomic mass is 9.82. The van der Waals surface area contributed by atoms with Gasteiger partial charge in [-0.1, -0.05) is 12.2 Å². The fourth-order valence-electron chi connectivity index (χ4n) is 5.10. The van der Waals surface area contributed by atoms with Crippen molar-refractivity contribution in [3.63, 3.8) is 0 Å². The molecule has 1 saturated carbocycles. The molecule has 0 spiro atoms. The minimum Gasteiger partial charge on any atom is -0.303 e. The number of hydrogen-bond acceptors (Lipinski definition) is 2. The van der Waals surface area contributed by atoms with E-state index in [0.29, 0.717) is 0 Å². The third kappa shape index (κ3) is 2.38. The van der Waals surface area contributed by atoms with Crippen molar-refractivity contribution in [3.05, 3.63) is 12.2 Å². The van der Waals surface area contributed by atoms with Gasteiger partial charge in [0.25, 0.3) is 0 Å². The third-order valence-electron chi connectivity index (χ3n) is 6.14. The van der Waals surface area contributed by atoms with E-state index in [2.05, 4.69) is 22.0 Å². The van der Waals surface area contributed by atoms with E-state index in [4.69, 9.17) is 0 Å². The van der Waals surface area contributed by atoms with Crippen LogP contribution in [-0.4, -0.2) is 49.1 Å². The summed E-state index contributed by atoms with van der Waals surface area (Å²) in [6.45, 7) is 8.26. The Kier molecular flexibility index (Phi) is 3.40. The monoisotopic (exact) mass is 260 g/mol. The van der Waals surface area contributed by atoms with E-state index in [1.54, 1.807) is 0 Å². The molecule has 4 rings (SSSR count). The molecule has 2 bridgehead atoms. The molecule has 106 valence electrons. The number of nitrogens with zero attached hydrogens (tertiary/aromatic N) is 2. The lowest BCUT2D eigenvalue weighted by Crippen LogP contribution is -2.38. The zero-order valence-corrected chi connectivity index (χ0v) is 12.1. The molecule has 4 aliphatic rings. The largest absolute Gasteiger partial charge is 0.303 e. The highest BCUT2D eigenvalue weighted by molar-refractivity contribution is 5.14. The van der Waals surface area contributed by atoms with Crippen LogP contribution < -0.4 is 0 Å². The first-order valence-electron chi connectivity index (χ1n) is 8.53. The predicted molar refractivity (Wildman–Crippen MR) is 79.1 cm³/mol. The van der Waals surface area contributed by atoms with E-state index in [-0.39, 0.29) is 0 Å². The van der Waals surface area contributed by atoms with E-state index < -0.39 is 0 Å². The van der Waals surface area contributed by atoms with Crippen LogP contribution in [0, 0.1) is 23.7 Å². The maximum absolute atomic E-state index is 2.75. The smallest absolute Gasteiger partial charge is 0.00186 e. The second-order valence-electron chi connectivity index (χ2n) is 7.29. The average molecular weight is 260 g/mol. The van der Waals surface area contributed by atoms with Crippen molar-refractivity contribution in [1.82, 2.24) is 9.80 Å². The summed E-state index contributed by atoms with van der Waals surface area (Å²) in [5.74, 6) is 3.76. The Morgan fingerprint density at radius 1 is 0.684 bits per heavy atom. The highest BCUT2D eigenvalue weighted by atomic mass is 15.2. The van der Waals surface area contributed by atoms with Crippen LogP contribution >= 0.6 is 0 Å². The molecule has 0 radical (unpaired) electrons. The van der Waals surface area contributed by atoms with Crippen molar-refractivity contribution < 1.29 is 0 Å². The summed E-state index contributed by atoms with van der Waals surface area (Å²) < 4.78 is 0. The summed E-state index contributed by atoms with van der Waals surface area (Å²) >= 11 is 0. The zero-order chi connectivity index (χ0) is 12.7. The molecule has 2 heterocycles. The number of fused-ring (bicyclic) bond motifs is 2. The van der Waals surface area contributed by atoms with Crippen LogP contribution in [0.25, 0.3) is 0 Å². The van der Waals surface area contributed by atoms with Gasteiger partial charge in [0.05, 0.1) is 0 Å². The van der Waals surface area contributed by atoms with E-state index in [1.807, 2.05) is 0 Å². The van der Waals surface area contributed by atoms with Crippen LogP contribution in [0.1, 0.15) is 32.1 Å². The molecule has 2 aliphatic carbocycles. The van der Waals surface area contributed by atoms with Crippen LogP contribution in [0.3, 0.4) is 0 Å². The Bertz CT molecular complexity index is 307. The van der Waals surface area contributed by atoms with Gasteiger partial charge in [-0.2, -0.15) is 0 Å². The first kappa shape index (κ1) is 12.4. The molecular weight excluding hydrogens is 232 g/mol. The van der Waals surface area contributed by atoms with Gasteiger partial charge in [-0.15, -0.1) is 0 Å². The average Bonchev–Trinajstić information content (AvgIpc) is 3.15. The highest BCUT2D eigenvalue weighted by Crippen LogP contribution is 2.48. The number of likely N-dealkylation sites (tertiary alicyclic amines) is 2. The molecule has 0 N–H and O–H groups in total. The second kappa shape index (κ2) is 5.21. The maximum Gasteiger partial charge on any atom is 0.00186 e.